The summed E-state index contributed by atoms with van der Waals surface area (Å²) in [6, 6.07) is 5.19. The van der Waals surface area contributed by atoms with Crippen LogP contribution < -0.4 is 0 Å². The summed E-state index contributed by atoms with van der Waals surface area (Å²) in [7, 11) is 0. The third-order valence-electron chi connectivity index (χ3n) is 1.92. The number of ketones is 1. The Morgan fingerprint density at radius 3 is 2.73 bits per heavy atom. The molecule has 1 aromatic rings. The summed E-state index contributed by atoms with van der Waals surface area (Å²) in [6.45, 7) is 1.48. The molecule has 0 saturated heterocycles. The van der Waals surface area contributed by atoms with E-state index in [1.54, 1.807) is 30.4 Å². The number of benzene rings is 1. The minimum atomic E-state index is -0.0524. The lowest BCUT2D eigenvalue weighted by Crippen LogP contribution is -1.92. The van der Waals surface area contributed by atoms with Crippen LogP contribution in [0.1, 0.15) is 29.3 Å². The predicted molar refractivity (Wildman–Crippen MR) is 61.2 cm³/mol. The summed E-state index contributed by atoms with van der Waals surface area (Å²) in [5.74, 6) is -0.0524. The maximum Gasteiger partial charge on any atom is 0.161 e. The SMILES string of the molecule is CC(=O)c1ccc(C=CCC=O)cc1Cl. The van der Waals surface area contributed by atoms with Crippen molar-refractivity contribution in [2.24, 2.45) is 0 Å². The van der Waals surface area contributed by atoms with Gasteiger partial charge in [0.2, 0.25) is 0 Å². The Morgan fingerprint density at radius 1 is 1.47 bits per heavy atom. The molecule has 0 heterocycles. The highest BCUT2D eigenvalue weighted by molar-refractivity contribution is 6.34. The van der Waals surface area contributed by atoms with Crippen LogP contribution in [0.15, 0.2) is 24.3 Å². The molecular weight excluding hydrogens is 212 g/mol. The van der Waals surface area contributed by atoms with Gasteiger partial charge in [-0.25, -0.2) is 0 Å². The van der Waals surface area contributed by atoms with Gasteiger partial charge in [0, 0.05) is 12.0 Å². The van der Waals surface area contributed by atoms with Crippen LogP contribution in [0.5, 0.6) is 0 Å². The largest absolute Gasteiger partial charge is 0.303 e. The van der Waals surface area contributed by atoms with Crippen molar-refractivity contribution in [3.63, 3.8) is 0 Å². The summed E-state index contributed by atoms with van der Waals surface area (Å²) >= 11 is 5.91. The number of Topliss-reactive ketones (excluding diaryl/α,β-unsaturated/α-hetero) is 1. The molecule has 0 radical (unpaired) electrons. The van der Waals surface area contributed by atoms with Crippen molar-refractivity contribution in [1.29, 1.82) is 0 Å². The second-order valence-corrected chi connectivity index (χ2v) is 3.51. The number of hydrogen-bond donors (Lipinski definition) is 0. The van der Waals surface area contributed by atoms with Gasteiger partial charge in [-0.1, -0.05) is 29.8 Å². The van der Waals surface area contributed by atoms with Gasteiger partial charge < -0.3 is 4.79 Å². The smallest absolute Gasteiger partial charge is 0.161 e. The molecule has 0 aliphatic heterocycles. The molecule has 78 valence electrons. The fourth-order valence-corrected chi connectivity index (χ4v) is 1.50. The Balaban J connectivity index is 2.91. The zero-order valence-electron chi connectivity index (χ0n) is 8.37. The molecule has 0 amide bonds. The fraction of sp³-hybridized carbons (Fsp3) is 0.167. The maximum absolute atomic E-state index is 11.1. The van der Waals surface area contributed by atoms with E-state index in [9.17, 15) is 9.59 Å². The third-order valence-corrected chi connectivity index (χ3v) is 2.23. The number of carbonyl (C=O) groups is 2. The van der Waals surface area contributed by atoms with E-state index in [2.05, 4.69) is 0 Å². The lowest BCUT2D eigenvalue weighted by Gasteiger charge is -2.00. The average molecular weight is 223 g/mol. The van der Waals surface area contributed by atoms with Gasteiger partial charge in [-0.2, -0.15) is 0 Å². The van der Waals surface area contributed by atoms with Crippen molar-refractivity contribution < 1.29 is 9.59 Å². The maximum atomic E-state index is 11.1. The van der Waals surface area contributed by atoms with Crippen molar-refractivity contribution in [1.82, 2.24) is 0 Å². The van der Waals surface area contributed by atoms with E-state index in [1.165, 1.54) is 6.92 Å². The summed E-state index contributed by atoms with van der Waals surface area (Å²) in [5, 5.41) is 0.441. The average Bonchev–Trinajstić information content (AvgIpc) is 2.17. The molecule has 0 spiro atoms. The lowest BCUT2D eigenvalue weighted by molar-refractivity contribution is -0.107. The third kappa shape index (κ3) is 3.33. The first-order valence-corrected chi connectivity index (χ1v) is 4.93. The van der Waals surface area contributed by atoms with E-state index >= 15 is 0 Å². The zero-order chi connectivity index (χ0) is 11.3. The van der Waals surface area contributed by atoms with Gasteiger partial charge in [0.1, 0.15) is 6.29 Å². The van der Waals surface area contributed by atoms with Crippen LogP contribution in [0.2, 0.25) is 5.02 Å². The monoisotopic (exact) mass is 222 g/mol. The van der Waals surface area contributed by atoms with Crippen molar-refractivity contribution >= 4 is 29.7 Å². The molecule has 1 rings (SSSR count). The minimum Gasteiger partial charge on any atom is -0.303 e. The molecule has 0 saturated carbocycles. The molecule has 0 fully saturated rings. The Hall–Kier alpha value is -1.41. The molecule has 15 heavy (non-hydrogen) atoms. The quantitative estimate of drug-likeness (QED) is 0.579. The molecule has 2 nitrogen and oxygen atoms in total. The van der Waals surface area contributed by atoms with E-state index in [4.69, 9.17) is 11.6 Å². The van der Waals surface area contributed by atoms with Crippen LogP contribution in [0.3, 0.4) is 0 Å². The van der Waals surface area contributed by atoms with Crippen LogP contribution in [0.25, 0.3) is 6.08 Å². The Labute approximate surface area is 93.6 Å². The summed E-state index contributed by atoms with van der Waals surface area (Å²) < 4.78 is 0. The zero-order valence-corrected chi connectivity index (χ0v) is 9.12. The first kappa shape index (κ1) is 11.7. The van der Waals surface area contributed by atoms with Crippen molar-refractivity contribution in [3.05, 3.63) is 40.4 Å². The number of halogens is 1. The van der Waals surface area contributed by atoms with E-state index in [0.29, 0.717) is 17.0 Å². The van der Waals surface area contributed by atoms with Gasteiger partial charge in [-0.15, -0.1) is 0 Å². The number of allylic oxidation sites excluding steroid dienone is 1. The first-order chi connectivity index (χ1) is 7.15. The van der Waals surface area contributed by atoms with Crippen molar-refractivity contribution in [3.8, 4) is 0 Å². The van der Waals surface area contributed by atoms with E-state index in [-0.39, 0.29) is 5.78 Å². The molecule has 1 aromatic carbocycles. The van der Waals surface area contributed by atoms with Gasteiger partial charge >= 0.3 is 0 Å². The fourth-order valence-electron chi connectivity index (χ4n) is 1.18. The summed E-state index contributed by atoms with van der Waals surface area (Å²) in [4.78, 5) is 21.2. The molecule has 0 aliphatic rings. The van der Waals surface area contributed by atoms with Gasteiger partial charge in [0.15, 0.2) is 5.78 Å². The summed E-state index contributed by atoms with van der Waals surface area (Å²) in [5.41, 5.74) is 1.40. The van der Waals surface area contributed by atoms with Crippen molar-refractivity contribution in [2.75, 3.05) is 0 Å². The number of carbonyl (C=O) groups excluding carboxylic acids is 2. The van der Waals surface area contributed by atoms with E-state index in [0.717, 1.165) is 11.8 Å². The highest BCUT2D eigenvalue weighted by atomic mass is 35.5. The Kier molecular flexibility index (Phi) is 4.25. The van der Waals surface area contributed by atoms with Crippen LogP contribution in [-0.2, 0) is 4.79 Å². The molecule has 0 bridgehead atoms. The number of aldehydes is 1. The normalized spacial score (nSPS) is 10.5. The summed E-state index contributed by atoms with van der Waals surface area (Å²) in [6.07, 6.45) is 4.74. The Bertz CT molecular complexity index is 408. The molecule has 0 aliphatic carbocycles. The standard InChI is InChI=1S/C12H11ClO2/c1-9(15)11-6-5-10(8-12(11)13)4-2-3-7-14/h2,4-8H,3H2,1H3. The molecule has 0 N–H and O–H groups in total. The highest BCUT2D eigenvalue weighted by Crippen LogP contribution is 2.19. The van der Waals surface area contributed by atoms with E-state index < -0.39 is 0 Å². The van der Waals surface area contributed by atoms with Gasteiger partial charge in [0.25, 0.3) is 0 Å². The van der Waals surface area contributed by atoms with Crippen LogP contribution in [0.4, 0.5) is 0 Å². The highest BCUT2D eigenvalue weighted by Gasteiger charge is 2.04. The number of hydrogen-bond acceptors (Lipinski definition) is 2. The lowest BCUT2D eigenvalue weighted by atomic mass is 10.1. The van der Waals surface area contributed by atoms with Gasteiger partial charge in [-0.05, 0) is 24.6 Å². The number of rotatable bonds is 4. The van der Waals surface area contributed by atoms with Gasteiger partial charge in [-0.3, -0.25) is 4.79 Å². The molecule has 0 aromatic heterocycles. The van der Waals surface area contributed by atoms with Crippen LogP contribution in [-0.4, -0.2) is 12.1 Å². The molecule has 0 atom stereocenters. The second kappa shape index (κ2) is 5.47. The predicted octanol–water partition coefficient (Wildman–Crippen LogP) is 3.14. The van der Waals surface area contributed by atoms with E-state index in [1.807, 2.05) is 0 Å². The first-order valence-electron chi connectivity index (χ1n) is 4.56. The second-order valence-electron chi connectivity index (χ2n) is 3.10. The van der Waals surface area contributed by atoms with Crippen LogP contribution >= 0.6 is 11.6 Å². The van der Waals surface area contributed by atoms with Gasteiger partial charge in [0.05, 0.1) is 5.02 Å². The van der Waals surface area contributed by atoms with Crippen molar-refractivity contribution in [2.45, 2.75) is 13.3 Å². The molecule has 3 heteroatoms. The minimum absolute atomic E-state index is 0.0524. The van der Waals surface area contributed by atoms with Crippen LogP contribution in [0, 0.1) is 0 Å². The Morgan fingerprint density at radius 2 is 2.20 bits per heavy atom. The molecule has 0 unspecified atom stereocenters. The molecular formula is C12H11ClO2. The topological polar surface area (TPSA) is 34.1 Å².